The van der Waals surface area contributed by atoms with Crippen molar-refractivity contribution in [2.75, 3.05) is 6.61 Å². The van der Waals surface area contributed by atoms with E-state index in [0.717, 1.165) is 23.3 Å². The zero-order valence-electron chi connectivity index (χ0n) is 11.9. The first-order valence-electron chi connectivity index (χ1n) is 6.99. The van der Waals surface area contributed by atoms with Gasteiger partial charge in [-0.1, -0.05) is 48.5 Å². The van der Waals surface area contributed by atoms with Gasteiger partial charge in [-0.2, -0.15) is 0 Å². The first-order valence-corrected chi connectivity index (χ1v) is 6.99. The minimum Gasteiger partial charge on any atom is -0.462 e. The third-order valence-electron chi connectivity index (χ3n) is 3.74. The van der Waals surface area contributed by atoms with Crippen LogP contribution in [-0.4, -0.2) is 18.5 Å². The zero-order valence-corrected chi connectivity index (χ0v) is 11.9. The van der Waals surface area contributed by atoms with Crippen LogP contribution in [0.25, 0.3) is 11.1 Å². The van der Waals surface area contributed by atoms with Crippen molar-refractivity contribution in [3.63, 3.8) is 0 Å². The minimum atomic E-state index is -0.673. The monoisotopic (exact) mass is 293 g/mol. The van der Waals surface area contributed by atoms with Crippen molar-refractivity contribution in [3.05, 3.63) is 71.8 Å². The molecule has 4 nitrogen and oxygen atoms in total. The number of esters is 1. The van der Waals surface area contributed by atoms with Crippen LogP contribution in [-0.2, 0) is 14.3 Å². The Morgan fingerprint density at radius 2 is 1.50 bits per heavy atom. The number of primary amides is 1. The van der Waals surface area contributed by atoms with Gasteiger partial charge in [0.2, 0.25) is 5.91 Å². The van der Waals surface area contributed by atoms with Crippen LogP contribution in [0.2, 0.25) is 0 Å². The maximum Gasteiger partial charge on any atom is 0.330 e. The maximum absolute atomic E-state index is 11.6. The quantitative estimate of drug-likeness (QED) is 0.695. The molecule has 110 valence electrons. The summed E-state index contributed by atoms with van der Waals surface area (Å²) in [5.41, 5.74) is 9.59. The van der Waals surface area contributed by atoms with Gasteiger partial charge in [-0.05, 0) is 22.3 Å². The van der Waals surface area contributed by atoms with E-state index in [4.69, 9.17) is 10.5 Å². The second-order valence-electron chi connectivity index (χ2n) is 5.09. The molecular weight excluding hydrogens is 278 g/mol. The van der Waals surface area contributed by atoms with Crippen LogP contribution in [0.5, 0.6) is 0 Å². The Hall–Kier alpha value is -2.88. The highest BCUT2D eigenvalue weighted by Crippen LogP contribution is 2.44. The molecule has 22 heavy (non-hydrogen) atoms. The maximum atomic E-state index is 11.6. The lowest BCUT2D eigenvalue weighted by Crippen LogP contribution is -2.12. The number of carbonyl (C=O) groups is 2. The lowest BCUT2D eigenvalue weighted by atomic mass is 9.98. The highest BCUT2D eigenvalue weighted by atomic mass is 16.5. The molecule has 1 aliphatic rings. The molecule has 1 amide bonds. The van der Waals surface area contributed by atoms with Crippen molar-refractivity contribution in [3.8, 4) is 11.1 Å². The molecule has 3 rings (SSSR count). The molecule has 0 aromatic heterocycles. The summed E-state index contributed by atoms with van der Waals surface area (Å²) < 4.78 is 5.26. The average Bonchev–Trinajstić information content (AvgIpc) is 2.85. The van der Waals surface area contributed by atoms with Gasteiger partial charge in [-0.25, -0.2) is 4.79 Å². The van der Waals surface area contributed by atoms with Crippen LogP contribution in [0, 0.1) is 0 Å². The molecule has 0 fully saturated rings. The Kier molecular flexibility index (Phi) is 3.74. The minimum absolute atomic E-state index is 0.0123. The molecule has 0 bridgehead atoms. The first-order chi connectivity index (χ1) is 10.7. The molecule has 1 aliphatic carbocycles. The second-order valence-corrected chi connectivity index (χ2v) is 5.09. The first kappa shape index (κ1) is 14.1. The molecule has 2 aromatic carbocycles. The van der Waals surface area contributed by atoms with Gasteiger partial charge in [0, 0.05) is 18.1 Å². The topological polar surface area (TPSA) is 69.4 Å². The third-order valence-corrected chi connectivity index (χ3v) is 3.74. The van der Waals surface area contributed by atoms with Crippen molar-refractivity contribution in [2.45, 2.75) is 5.92 Å². The predicted octanol–water partition coefficient (Wildman–Crippen LogP) is 2.38. The predicted molar refractivity (Wildman–Crippen MR) is 83.0 cm³/mol. The molecule has 4 heteroatoms. The number of nitrogens with two attached hydrogens (primary N) is 1. The van der Waals surface area contributed by atoms with Crippen LogP contribution in [0.4, 0.5) is 0 Å². The summed E-state index contributed by atoms with van der Waals surface area (Å²) in [4.78, 5) is 22.2. The van der Waals surface area contributed by atoms with E-state index < -0.39 is 11.9 Å². The fourth-order valence-corrected chi connectivity index (χ4v) is 2.80. The van der Waals surface area contributed by atoms with Crippen LogP contribution in [0.3, 0.4) is 0 Å². The second kappa shape index (κ2) is 5.85. The fraction of sp³-hybridized carbons (Fsp3) is 0.111. The van der Waals surface area contributed by atoms with Crippen LogP contribution >= 0.6 is 0 Å². The normalized spacial score (nSPS) is 12.9. The largest absolute Gasteiger partial charge is 0.462 e. The molecular formula is C18H15NO3. The molecule has 2 N–H and O–H groups in total. The summed E-state index contributed by atoms with van der Waals surface area (Å²) in [6.45, 7) is 0.232. The van der Waals surface area contributed by atoms with E-state index in [1.54, 1.807) is 0 Å². The van der Waals surface area contributed by atoms with Crippen molar-refractivity contribution in [1.29, 1.82) is 0 Å². The number of amides is 1. The highest BCUT2D eigenvalue weighted by molar-refractivity contribution is 5.93. The smallest absolute Gasteiger partial charge is 0.330 e. The van der Waals surface area contributed by atoms with Crippen molar-refractivity contribution < 1.29 is 14.3 Å². The standard InChI is InChI=1S/C18H15NO3/c19-17(20)9-10-18(21)22-11-16-14-7-3-1-5-12(14)13-6-2-4-8-15(13)16/h1-10,16H,11H2,(H2,19,20). The van der Waals surface area contributed by atoms with Gasteiger partial charge < -0.3 is 10.5 Å². The van der Waals surface area contributed by atoms with E-state index >= 15 is 0 Å². The number of ether oxygens (including phenoxy) is 1. The van der Waals surface area contributed by atoms with Gasteiger partial charge in [-0.15, -0.1) is 0 Å². The van der Waals surface area contributed by atoms with E-state index in [2.05, 4.69) is 12.1 Å². The molecule has 0 aliphatic heterocycles. The van der Waals surface area contributed by atoms with Gasteiger partial charge >= 0.3 is 5.97 Å². The Labute approximate surface area is 128 Å². The SMILES string of the molecule is NC(=O)C=CC(=O)OCC1c2ccccc2-c2ccccc21. The highest BCUT2D eigenvalue weighted by Gasteiger charge is 2.28. The van der Waals surface area contributed by atoms with Gasteiger partial charge in [-0.3, -0.25) is 4.79 Å². The number of carbonyl (C=O) groups excluding carboxylic acids is 2. The molecule has 2 aromatic rings. The molecule has 0 unspecified atom stereocenters. The molecule has 0 radical (unpaired) electrons. The lowest BCUT2D eigenvalue weighted by Gasteiger charge is -2.13. The summed E-state index contributed by atoms with van der Waals surface area (Å²) in [5, 5.41) is 0. The summed E-state index contributed by atoms with van der Waals surface area (Å²) in [7, 11) is 0. The number of rotatable bonds is 4. The van der Waals surface area contributed by atoms with Crippen LogP contribution in [0.1, 0.15) is 17.0 Å². The molecule has 0 spiro atoms. The third kappa shape index (κ3) is 2.63. The Morgan fingerprint density at radius 3 is 2.05 bits per heavy atom. The van der Waals surface area contributed by atoms with E-state index in [-0.39, 0.29) is 12.5 Å². The van der Waals surface area contributed by atoms with Gasteiger partial charge in [0.25, 0.3) is 0 Å². The summed E-state index contributed by atoms with van der Waals surface area (Å²) >= 11 is 0. The molecule has 0 heterocycles. The number of hydrogen-bond acceptors (Lipinski definition) is 3. The molecule has 0 saturated heterocycles. The Morgan fingerprint density at radius 1 is 0.955 bits per heavy atom. The van der Waals surface area contributed by atoms with Gasteiger partial charge in [0.15, 0.2) is 0 Å². The van der Waals surface area contributed by atoms with Crippen LogP contribution < -0.4 is 5.73 Å². The number of fused-ring (bicyclic) bond motifs is 3. The van der Waals surface area contributed by atoms with Gasteiger partial charge in [0.05, 0.1) is 0 Å². The number of benzene rings is 2. The molecule has 0 atom stereocenters. The Balaban J connectivity index is 1.82. The van der Waals surface area contributed by atoms with E-state index in [9.17, 15) is 9.59 Å². The summed E-state index contributed by atoms with van der Waals surface area (Å²) in [5.74, 6) is -1.23. The lowest BCUT2D eigenvalue weighted by molar-refractivity contribution is -0.138. The van der Waals surface area contributed by atoms with E-state index in [0.29, 0.717) is 0 Å². The summed E-state index contributed by atoms with van der Waals surface area (Å²) in [6.07, 6.45) is 2.05. The summed E-state index contributed by atoms with van der Waals surface area (Å²) in [6, 6.07) is 16.2. The zero-order chi connectivity index (χ0) is 15.5. The van der Waals surface area contributed by atoms with Crippen molar-refractivity contribution in [2.24, 2.45) is 5.73 Å². The van der Waals surface area contributed by atoms with Crippen molar-refractivity contribution >= 4 is 11.9 Å². The molecule has 0 saturated carbocycles. The fourth-order valence-electron chi connectivity index (χ4n) is 2.80. The van der Waals surface area contributed by atoms with Crippen LogP contribution in [0.15, 0.2) is 60.7 Å². The Bertz CT molecular complexity index is 719. The van der Waals surface area contributed by atoms with E-state index in [1.807, 2.05) is 36.4 Å². The average molecular weight is 293 g/mol. The van der Waals surface area contributed by atoms with E-state index in [1.165, 1.54) is 11.1 Å². The van der Waals surface area contributed by atoms with Gasteiger partial charge in [0.1, 0.15) is 6.61 Å². The number of hydrogen-bond donors (Lipinski definition) is 1. The van der Waals surface area contributed by atoms with Crippen molar-refractivity contribution in [1.82, 2.24) is 0 Å².